The van der Waals surface area contributed by atoms with Gasteiger partial charge in [0.05, 0.1) is 6.61 Å². The van der Waals surface area contributed by atoms with Gasteiger partial charge in [-0.05, 0) is 44.6 Å². The van der Waals surface area contributed by atoms with Crippen LogP contribution in [0.25, 0.3) is 0 Å². The van der Waals surface area contributed by atoms with Crippen LogP contribution in [0.1, 0.15) is 18.4 Å². The highest BCUT2D eigenvalue weighted by Gasteiger charge is 2.00. The van der Waals surface area contributed by atoms with Crippen molar-refractivity contribution in [3.8, 4) is 5.75 Å². The van der Waals surface area contributed by atoms with E-state index in [1.807, 2.05) is 12.1 Å². The van der Waals surface area contributed by atoms with Gasteiger partial charge in [-0.15, -0.1) is 0 Å². The first kappa shape index (κ1) is 20.3. The van der Waals surface area contributed by atoms with Crippen molar-refractivity contribution in [2.75, 3.05) is 54.6 Å². The molecule has 0 heterocycles. The standard InChI is InChI=1S/C18H32N4O2/c1-19-18(20-11-5-13-23-4)21-15-16-7-9-17(10-8-16)24-14-6-12-22(2)3/h7-10H,5-6,11-15H2,1-4H3,(H2,19,20,21). The summed E-state index contributed by atoms with van der Waals surface area (Å²) in [6.07, 6.45) is 1.98. The number of ether oxygens (including phenoxy) is 2. The van der Waals surface area contributed by atoms with Crippen LogP contribution in [0.4, 0.5) is 0 Å². The zero-order valence-electron chi connectivity index (χ0n) is 15.5. The van der Waals surface area contributed by atoms with Crippen molar-refractivity contribution in [3.05, 3.63) is 29.8 Å². The summed E-state index contributed by atoms with van der Waals surface area (Å²) in [6, 6.07) is 8.18. The molecule has 1 rings (SSSR count). The molecule has 1 aromatic carbocycles. The third-order valence-electron chi connectivity index (χ3n) is 3.44. The lowest BCUT2D eigenvalue weighted by Gasteiger charge is -2.13. The molecule has 6 heteroatoms. The third-order valence-corrected chi connectivity index (χ3v) is 3.44. The van der Waals surface area contributed by atoms with Crippen molar-refractivity contribution in [2.45, 2.75) is 19.4 Å². The molecule has 0 aliphatic heterocycles. The number of methoxy groups -OCH3 is 1. The molecule has 1 aromatic rings. The van der Waals surface area contributed by atoms with E-state index >= 15 is 0 Å². The highest BCUT2D eigenvalue weighted by Crippen LogP contribution is 2.12. The van der Waals surface area contributed by atoms with Gasteiger partial charge in [0.1, 0.15) is 5.75 Å². The van der Waals surface area contributed by atoms with Crippen molar-refractivity contribution in [2.24, 2.45) is 4.99 Å². The van der Waals surface area contributed by atoms with Crippen LogP contribution in [0.2, 0.25) is 0 Å². The molecule has 0 unspecified atom stereocenters. The number of nitrogens with one attached hydrogen (secondary N) is 2. The average Bonchev–Trinajstić information content (AvgIpc) is 2.59. The Labute approximate surface area is 146 Å². The summed E-state index contributed by atoms with van der Waals surface area (Å²) in [4.78, 5) is 6.37. The maximum Gasteiger partial charge on any atom is 0.191 e. The minimum absolute atomic E-state index is 0.727. The highest BCUT2D eigenvalue weighted by molar-refractivity contribution is 5.79. The van der Waals surface area contributed by atoms with Crippen molar-refractivity contribution in [1.29, 1.82) is 0 Å². The second-order valence-electron chi connectivity index (χ2n) is 5.85. The summed E-state index contributed by atoms with van der Waals surface area (Å²) >= 11 is 0. The predicted octanol–water partition coefficient (Wildman–Crippen LogP) is 1.72. The van der Waals surface area contributed by atoms with Gasteiger partial charge < -0.3 is 25.0 Å². The van der Waals surface area contributed by atoms with E-state index in [0.717, 1.165) is 57.4 Å². The smallest absolute Gasteiger partial charge is 0.191 e. The molecule has 136 valence electrons. The number of rotatable bonds is 11. The lowest BCUT2D eigenvalue weighted by Crippen LogP contribution is -2.37. The summed E-state index contributed by atoms with van der Waals surface area (Å²) in [6.45, 7) is 4.10. The van der Waals surface area contributed by atoms with Crippen molar-refractivity contribution < 1.29 is 9.47 Å². The number of guanidine groups is 1. The Morgan fingerprint density at radius 2 is 1.83 bits per heavy atom. The van der Waals surface area contributed by atoms with Crippen LogP contribution in [0.15, 0.2) is 29.3 Å². The summed E-state index contributed by atoms with van der Waals surface area (Å²) in [5, 5.41) is 6.56. The third kappa shape index (κ3) is 9.37. The van der Waals surface area contributed by atoms with E-state index in [-0.39, 0.29) is 0 Å². The Morgan fingerprint density at radius 1 is 1.08 bits per heavy atom. The van der Waals surface area contributed by atoms with Gasteiger partial charge >= 0.3 is 0 Å². The fourth-order valence-corrected chi connectivity index (χ4v) is 2.10. The van der Waals surface area contributed by atoms with Crippen LogP contribution >= 0.6 is 0 Å². The van der Waals surface area contributed by atoms with Crippen LogP contribution in [-0.2, 0) is 11.3 Å². The van der Waals surface area contributed by atoms with Crippen LogP contribution in [0.5, 0.6) is 5.75 Å². The normalized spacial score (nSPS) is 11.6. The van der Waals surface area contributed by atoms with Crippen LogP contribution < -0.4 is 15.4 Å². The molecule has 0 spiro atoms. The minimum atomic E-state index is 0.727. The molecule has 0 radical (unpaired) electrons. The minimum Gasteiger partial charge on any atom is -0.494 e. The molecule has 0 aliphatic carbocycles. The number of aliphatic imine (C=N–C) groups is 1. The van der Waals surface area contributed by atoms with Gasteiger partial charge in [-0.1, -0.05) is 12.1 Å². The van der Waals surface area contributed by atoms with Crippen LogP contribution in [0.3, 0.4) is 0 Å². The fraction of sp³-hybridized carbons (Fsp3) is 0.611. The molecule has 24 heavy (non-hydrogen) atoms. The lowest BCUT2D eigenvalue weighted by atomic mass is 10.2. The SMILES string of the molecule is CN=C(NCCCOC)NCc1ccc(OCCCN(C)C)cc1. The predicted molar refractivity (Wildman–Crippen MR) is 99.8 cm³/mol. The van der Waals surface area contributed by atoms with Gasteiger partial charge in [0.25, 0.3) is 0 Å². The monoisotopic (exact) mass is 336 g/mol. The number of hydrogen-bond donors (Lipinski definition) is 2. The molecule has 0 aromatic heterocycles. The largest absolute Gasteiger partial charge is 0.494 e. The first-order valence-electron chi connectivity index (χ1n) is 8.45. The Balaban J connectivity index is 2.27. The van der Waals surface area contributed by atoms with E-state index in [2.05, 4.69) is 46.8 Å². The maximum absolute atomic E-state index is 5.74. The molecule has 2 N–H and O–H groups in total. The first-order chi connectivity index (χ1) is 11.7. The van der Waals surface area contributed by atoms with Crippen LogP contribution in [-0.4, -0.2) is 65.4 Å². The summed E-state index contributed by atoms with van der Waals surface area (Å²) < 4.78 is 10.8. The van der Waals surface area contributed by atoms with Gasteiger partial charge in [0.15, 0.2) is 5.96 Å². The summed E-state index contributed by atoms with van der Waals surface area (Å²) in [5.41, 5.74) is 1.19. The van der Waals surface area contributed by atoms with Crippen molar-refractivity contribution in [1.82, 2.24) is 15.5 Å². The quantitative estimate of drug-likeness (QED) is 0.366. The Hall–Kier alpha value is -1.79. The van der Waals surface area contributed by atoms with Gasteiger partial charge in [-0.3, -0.25) is 4.99 Å². The Kier molecular flexibility index (Phi) is 10.6. The molecule has 0 atom stereocenters. The molecule has 6 nitrogen and oxygen atoms in total. The number of hydrogen-bond acceptors (Lipinski definition) is 4. The summed E-state index contributed by atoms with van der Waals surface area (Å²) in [7, 11) is 7.63. The van der Waals surface area contributed by atoms with Gasteiger partial charge in [0, 0.05) is 40.4 Å². The zero-order chi connectivity index (χ0) is 17.6. The second-order valence-corrected chi connectivity index (χ2v) is 5.85. The van der Waals surface area contributed by atoms with Crippen molar-refractivity contribution in [3.63, 3.8) is 0 Å². The van der Waals surface area contributed by atoms with E-state index in [9.17, 15) is 0 Å². The summed E-state index contributed by atoms with van der Waals surface area (Å²) in [5.74, 6) is 1.72. The Morgan fingerprint density at radius 3 is 2.46 bits per heavy atom. The average molecular weight is 336 g/mol. The molecular formula is C18H32N4O2. The molecule has 0 aliphatic rings. The fourth-order valence-electron chi connectivity index (χ4n) is 2.10. The Bertz CT molecular complexity index is 461. The van der Waals surface area contributed by atoms with E-state index in [0.29, 0.717) is 0 Å². The zero-order valence-corrected chi connectivity index (χ0v) is 15.5. The van der Waals surface area contributed by atoms with Crippen LogP contribution in [0, 0.1) is 0 Å². The second kappa shape index (κ2) is 12.6. The van der Waals surface area contributed by atoms with Gasteiger partial charge in [-0.25, -0.2) is 0 Å². The molecule has 0 fully saturated rings. The first-order valence-corrected chi connectivity index (χ1v) is 8.45. The highest BCUT2D eigenvalue weighted by atomic mass is 16.5. The molecular weight excluding hydrogens is 304 g/mol. The van der Waals surface area contributed by atoms with E-state index in [1.165, 1.54) is 5.56 Å². The lowest BCUT2D eigenvalue weighted by molar-refractivity contribution is 0.195. The van der Waals surface area contributed by atoms with Gasteiger partial charge in [0.2, 0.25) is 0 Å². The molecule has 0 saturated heterocycles. The van der Waals surface area contributed by atoms with E-state index in [1.54, 1.807) is 14.2 Å². The number of nitrogens with zero attached hydrogens (tertiary/aromatic N) is 2. The maximum atomic E-state index is 5.74. The van der Waals surface area contributed by atoms with E-state index < -0.39 is 0 Å². The molecule has 0 bridgehead atoms. The van der Waals surface area contributed by atoms with Crippen molar-refractivity contribution >= 4 is 5.96 Å². The number of benzene rings is 1. The van der Waals surface area contributed by atoms with E-state index in [4.69, 9.17) is 9.47 Å². The van der Waals surface area contributed by atoms with Gasteiger partial charge in [-0.2, -0.15) is 0 Å². The molecule has 0 amide bonds. The topological polar surface area (TPSA) is 58.1 Å². The molecule has 0 saturated carbocycles.